The predicted molar refractivity (Wildman–Crippen MR) is 78.5 cm³/mol. The van der Waals surface area contributed by atoms with E-state index in [-0.39, 0.29) is 6.61 Å². The van der Waals surface area contributed by atoms with E-state index in [0.29, 0.717) is 12.4 Å². The van der Waals surface area contributed by atoms with E-state index in [1.807, 2.05) is 49.4 Å². The molecule has 1 heterocycles. The van der Waals surface area contributed by atoms with Crippen LogP contribution in [0.15, 0.2) is 48.7 Å². The molecule has 0 fully saturated rings. The highest BCUT2D eigenvalue weighted by atomic mass is 16.5. The number of hydrogen-bond donors (Lipinski definition) is 2. The van der Waals surface area contributed by atoms with Crippen LogP contribution in [-0.2, 0) is 12.1 Å². The summed E-state index contributed by atoms with van der Waals surface area (Å²) in [6, 6.07) is 13.7. The number of aromatic nitrogens is 1. The molecule has 0 saturated heterocycles. The Morgan fingerprint density at radius 1 is 1.20 bits per heavy atom. The second-order valence-electron chi connectivity index (χ2n) is 4.92. The van der Waals surface area contributed by atoms with Gasteiger partial charge in [-0.1, -0.05) is 36.4 Å². The molecule has 1 unspecified atom stereocenters. The van der Waals surface area contributed by atoms with Gasteiger partial charge in [0.2, 0.25) is 5.88 Å². The molecule has 1 atom stereocenters. The number of aliphatic hydroxyl groups excluding tert-OH is 1. The van der Waals surface area contributed by atoms with Crippen LogP contribution >= 0.6 is 0 Å². The third-order valence-corrected chi connectivity index (χ3v) is 3.42. The van der Waals surface area contributed by atoms with Gasteiger partial charge in [0.25, 0.3) is 0 Å². The number of nitrogens with one attached hydrogen (secondary N) is 1. The van der Waals surface area contributed by atoms with Crippen LogP contribution in [0, 0.1) is 0 Å². The van der Waals surface area contributed by atoms with E-state index in [0.717, 1.165) is 11.1 Å². The number of nitrogens with zero attached hydrogens (tertiary/aromatic N) is 1. The van der Waals surface area contributed by atoms with E-state index in [9.17, 15) is 5.11 Å². The highest BCUT2D eigenvalue weighted by molar-refractivity contribution is 5.24. The molecule has 106 valence electrons. The highest BCUT2D eigenvalue weighted by Crippen LogP contribution is 2.20. The monoisotopic (exact) mass is 272 g/mol. The van der Waals surface area contributed by atoms with Crippen LogP contribution in [0.2, 0.25) is 0 Å². The fourth-order valence-corrected chi connectivity index (χ4v) is 1.99. The average molecular weight is 272 g/mol. The van der Waals surface area contributed by atoms with Crippen molar-refractivity contribution in [3.8, 4) is 5.88 Å². The molecule has 0 aliphatic carbocycles. The average Bonchev–Trinajstić information content (AvgIpc) is 2.54. The van der Waals surface area contributed by atoms with Gasteiger partial charge in [0.15, 0.2) is 0 Å². The summed E-state index contributed by atoms with van der Waals surface area (Å²) in [4.78, 5) is 4.17. The minimum absolute atomic E-state index is 0.0284. The number of rotatable bonds is 6. The summed E-state index contributed by atoms with van der Waals surface area (Å²) >= 11 is 0. The molecule has 2 rings (SSSR count). The standard InChI is InChI=1S/C16H20N2O2/c1-16(12-19,14-6-4-3-5-7-14)18-11-13-8-9-15(20-2)17-10-13/h3-10,18-19H,11-12H2,1-2H3. The van der Waals surface area contributed by atoms with Crippen molar-refractivity contribution >= 4 is 0 Å². The molecule has 0 saturated carbocycles. The Hall–Kier alpha value is -1.91. The Bertz CT molecular complexity index is 528. The summed E-state index contributed by atoms with van der Waals surface area (Å²) < 4.78 is 5.03. The lowest BCUT2D eigenvalue weighted by atomic mass is 9.92. The number of methoxy groups -OCH3 is 1. The molecular weight excluding hydrogens is 252 g/mol. The first kappa shape index (κ1) is 14.5. The molecule has 4 heteroatoms. The van der Waals surface area contributed by atoms with Crippen LogP contribution in [0.1, 0.15) is 18.1 Å². The lowest BCUT2D eigenvalue weighted by molar-refractivity contribution is 0.173. The van der Waals surface area contributed by atoms with Crippen molar-refractivity contribution in [2.24, 2.45) is 0 Å². The second-order valence-corrected chi connectivity index (χ2v) is 4.92. The molecule has 0 amide bonds. The molecule has 1 aromatic carbocycles. The van der Waals surface area contributed by atoms with Crippen LogP contribution in [0.4, 0.5) is 0 Å². The number of ether oxygens (including phenoxy) is 1. The quantitative estimate of drug-likeness (QED) is 0.845. The van der Waals surface area contributed by atoms with Crippen LogP contribution in [0.25, 0.3) is 0 Å². The summed E-state index contributed by atoms with van der Waals surface area (Å²) in [5.74, 6) is 0.599. The summed E-state index contributed by atoms with van der Waals surface area (Å²) in [6.45, 7) is 2.64. The maximum absolute atomic E-state index is 9.70. The summed E-state index contributed by atoms with van der Waals surface area (Å²) in [5, 5.41) is 13.1. The van der Waals surface area contributed by atoms with Gasteiger partial charge < -0.3 is 15.2 Å². The lowest BCUT2D eigenvalue weighted by Crippen LogP contribution is -2.42. The Balaban J connectivity index is 2.06. The maximum Gasteiger partial charge on any atom is 0.212 e. The molecule has 2 aromatic rings. The molecule has 0 aliphatic heterocycles. The molecule has 2 N–H and O–H groups in total. The predicted octanol–water partition coefficient (Wildman–Crippen LogP) is 2.09. The normalized spacial score (nSPS) is 13.8. The van der Waals surface area contributed by atoms with Gasteiger partial charge in [-0.2, -0.15) is 0 Å². The minimum Gasteiger partial charge on any atom is -0.481 e. The third kappa shape index (κ3) is 3.35. The first-order valence-electron chi connectivity index (χ1n) is 6.58. The SMILES string of the molecule is COc1ccc(CNC(C)(CO)c2ccccc2)cn1. The van der Waals surface area contributed by atoms with Crippen molar-refractivity contribution in [2.75, 3.05) is 13.7 Å². The highest BCUT2D eigenvalue weighted by Gasteiger charge is 2.24. The molecule has 0 bridgehead atoms. The molecule has 0 aliphatic rings. The fourth-order valence-electron chi connectivity index (χ4n) is 1.99. The summed E-state index contributed by atoms with van der Waals surface area (Å²) in [5.41, 5.74) is 1.63. The van der Waals surface area contributed by atoms with Crippen molar-refractivity contribution in [3.05, 3.63) is 59.8 Å². The van der Waals surface area contributed by atoms with Crippen molar-refractivity contribution in [3.63, 3.8) is 0 Å². The van der Waals surface area contributed by atoms with Gasteiger partial charge in [-0.3, -0.25) is 0 Å². The van der Waals surface area contributed by atoms with E-state index in [4.69, 9.17) is 4.74 Å². The number of hydrogen-bond acceptors (Lipinski definition) is 4. The Morgan fingerprint density at radius 3 is 2.50 bits per heavy atom. The largest absolute Gasteiger partial charge is 0.481 e. The number of benzene rings is 1. The minimum atomic E-state index is -0.471. The topological polar surface area (TPSA) is 54.4 Å². The van der Waals surface area contributed by atoms with E-state index in [1.54, 1.807) is 13.3 Å². The van der Waals surface area contributed by atoms with Crippen molar-refractivity contribution in [1.29, 1.82) is 0 Å². The van der Waals surface area contributed by atoms with Gasteiger partial charge >= 0.3 is 0 Å². The molecule has 20 heavy (non-hydrogen) atoms. The molecule has 1 aromatic heterocycles. The lowest BCUT2D eigenvalue weighted by Gasteiger charge is -2.29. The Morgan fingerprint density at radius 2 is 1.95 bits per heavy atom. The van der Waals surface area contributed by atoms with Crippen LogP contribution in [0.5, 0.6) is 5.88 Å². The van der Waals surface area contributed by atoms with Gasteiger partial charge in [-0.15, -0.1) is 0 Å². The van der Waals surface area contributed by atoms with Crippen molar-refractivity contribution in [1.82, 2.24) is 10.3 Å². The fraction of sp³-hybridized carbons (Fsp3) is 0.312. The van der Waals surface area contributed by atoms with E-state index < -0.39 is 5.54 Å². The van der Waals surface area contributed by atoms with Gasteiger partial charge in [0, 0.05) is 18.8 Å². The summed E-state index contributed by atoms with van der Waals surface area (Å²) in [6.07, 6.45) is 1.77. The Labute approximate surface area is 119 Å². The van der Waals surface area contributed by atoms with Crippen LogP contribution in [0.3, 0.4) is 0 Å². The van der Waals surface area contributed by atoms with Crippen LogP contribution in [-0.4, -0.2) is 23.8 Å². The number of aliphatic hydroxyl groups is 1. The zero-order valence-corrected chi connectivity index (χ0v) is 11.8. The molecule has 4 nitrogen and oxygen atoms in total. The molecule has 0 spiro atoms. The van der Waals surface area contributed by atoms with E-state index >= 15 is 0 Å². The van der Waals surface area contributed by atoms with Gasteiger partial charge in [0.1, 0.15) is 0 Å². The number of pyridine rings is 1. The smallest absolute Gasteiger partial charge is 0.212 e. The van der Waals surface area contributed by atoms with Crippen LogP contribution < -0.4 is 10.1 Å². The van der Waals surface area contributed by atoms with E-state index in [1.165, 1.54) is 0 Å². The summed E-state index contributed by atoms with van der Waals surface area (Å²) in [7, 11) is 1.60. The maximum atomic E-state index is 9.70. The zero-order valence-electron chi connectivity index (χ0n) is 11.8. The Kier molecular flexibility index (Phi) is 4.71. The zero-order chi connectivity index (χ0) is 14.4. The van der Waals surface area contributed by atoms with Gasteiger partial charge in [0.05, 0.1) is 19.3 Å². The third-order valence-electron chi connectivity index (χ3n) is 3.42. The molecule has 0 radical (unpaired) electrons. The molecular formula is C16H20N2O2. The van der Waals surface area contributed by atoms with E-state index in [2.05, 4.69) is 10.3 Å². The van der Waals surface area contributed by atoms with Crippen molar-refractivity contribution < 1.29 is 9.84 Å². The first-order chi connectivity index (χ1) is 9.68. The van der Waals surface area contributed by atoms with Crippen molar-refractivity contribution in [2.45, 2.75) is 19.0 Å². The van der Waals surface area contributed by atoms with Gasteiger partial charge in [-0.05, 0) is 18.1 Å². The second kappa shape index (κ2) is 6.50. The first-order valence-corrected chi connectivity index (χ1v) is 6.58. The van der Waals surface area contributed by atoms with Gasteiger partial charge in [-0.25, -0.2) is 4.98 Å².